The van der Waals surface area contributed by atoms with Crippen LogP contribution >= 0.6 is 0 Å². The minimum absolute atomic E-state index is 0.115. The summed E-state index contributed by atoms with van der Waals surface area (Å²) in [6.45, 7) is 13.8. The van der Waals surface area contributed by atoms with Crippen molar-refractivity contribution in [3.63, 3.8) is 0 Å². The Hall–Kier alpha value is -1.06. The van der Waals surface area contributed by atoms with Crippen molar-refractivity contribution in [2.45, 2.75) is 151 Å². The molecule has 1 heterocycles. The van der Waals surface area contributed by atoms with Crippen LogP contribution in [0.2, 0.25) is 0 Å². The zero-order valence-corrected chi connectivity index (χ0v) is 23.4. The average molecular weight is 470 g/mol. The molecule has 198 valence electrons. The zero-order chi connectivity index (χ0) is 25.2. The molecule has 4 nitrogen and oxygen atoms in total. The van der Waals surface area contributed by atoms with E-state index in [0.29, 0.717) is 19.6 Å². The van der Waals surface area contributed by atoms with Gasteiger partial charge < -0.3 is 9.64 Å². The van der Waals surface area contributed by atoms with E-state index in [1.807, 2.05) is 39.5 Å². The first kappa shape index (κ1) is 34.1. The second-order valence-electron chi connectivity index (χ2n) is 8.80. The summed E-state index contributed by atoms with van der Waals surface area (Å²) in [5.41, 5.74) is 0. The average Bonchev–Trinajstić information content (AvgIpc) is 3.22. The quantitative estimate of drug-likeness (QED) is 0.140. The molecular weight excluding hydrogens is 410 g/mol. The molecule has 1 aliphatic heterocycles. The maximum Gasteiger partial charge on any atom is 0.311 e. The predicted octanol–water partition coefficient (Wildman–Crippen LogP) is 8.71. The van der Waals surface area contributed by atoms with E-state index in [-0.39, 0.29) is 17.8 Å². The SMILES string of the molecule is CC.CC.CCCCCCCCCCCCCCCCCCN1CC(C(=O)OCC)CC1=O. The number of carbonyl (C=O) groups is 2. The van der Waals surface area contributed by atoms with Gasteiger partial charge in [0.15, 0.2) is 0 Å². The number of likely N-dealkylation sites (tertiary alicyclic amines) is 1. The van der Waals surface area contributed by atoms with Crippen LogP contribution in [0.5, 0.6) is 0 Å². The molecular formula is C29H59NO3. The molecule has 1 amide bonds. The standard InChI is InChI=1S/C25H47NO3.2C2H6/c1-3-5-6-7-8-9-10-11-12-13-14-15-16-17-18-19-20-26-22-23(21-24(26)27)25(28)29-4-2;2*1-2/h23H,3-22H2,1-2H3;2*1-2H3. The lowest BCUT2D eigenvalue weighted by atomic mass is 10.0. The number of carbonyl (C=O) groups excluding carboxylic acids is 2. The van der Waals surface area contributed by atoms with Crippen LogP contribution in [0.3, 0.4) is 0 Å². The van der Waals surface area contributed by atoms with Crippen LogP contribution in [0.25, 0.3) is 0 Å². The van der Waals surface area contributed by atoms with Gasteiger partial charge in [-0.1, -0.05) is 131 Å². The largest absolute Gasteiger partial charge is 0.466 e. The van der Waals surface area contributed by atoms with E-state index in [9.17, 15) is 9.59 Å². The van der Waals surface area contributed by atoms with Crippen LogP contribution < -0.4 is 0 Å². The van der Waals surface area contributed by atoms with Crippen molar-refractivity contribution in [3.05, 3.63) is 0 Å². The van der Waals surface area contributed by atoms with Gasteiger partial charge in [-0.25, -0.2) is 0 Å². The molecule has 0 bridgehead atoms. The van der Waals surface area contributed by atoms with Crippen LogP contribution in [0, 0.1) is 5.92 Å². The highest BCUT2D eigenvalue weighted by Gasteiger charge is 2.34. The normalized spacial score (nSPS) is 14.9. The number of unbranched alkanes of at least 4 members (excludes halogenated alkanes) is 15. The molecule has 33 heavy (non-hydrogen) atoms. The maximum atomic E-state index is 12.0. The summed E-state index contributed by atoms with van der Waals surface area (Å²) in [6.07, 6.45) is 22.0. The van der Waals surface area contributed by atoms with Crippen LogP contribution in [0.15, 0.2) is 0 Å². The highest BCUT2D eigenvalue weighted by molar-refractivity contribution is 5.86. The fourth-order valence-electron chi connectivity index (χ4n) is 4.26. The van der Waals surface area contributed by atoms with Gasteiger partial charge in [0, 0.05) is 19.5 Å². The Bertz CT molecular complexity index is 425. The molecule has 1 fully saturated rings. The number of hydrogen-bond donors (Lipinski definition) is 0. The molecule has 0 saturated carbocycles. The van der Waals surface area contributed by atoms with Crippen molar-refractivity contribution in [1.82, 2.24) is 4.90 Å². The molecule has 1 saturated heterocycles. The van der Waals surface area contributed by atoms with Crippen molar-refractivity contribution >= 4 is 11.9 Å². The molecule has 4 heteroatoms. The Balaban J connectivity index is 0. The second-order valence-corrected chi connectivity index (χ2v) is 8.80. The van der Waals surface area contributed by atoms with E-state index in [2.05, 4.69) is 6.92 Å². The number of hydrogen-bond acceptors (Lipinski definition) is 3. The molecule has 1 aliphatic rings. The molecule has 0 N–H and O–H groups in total. The molecule has 1 atom stereocenters. The second kappa shape index (κ2) is 27.2. The third kappa shape index (κ3) is 20.1. The topological polar surface area (TPSA) is 46.6 Å². The first-order valence-electron chi connectivity index (χ1n) is 14.6. The molecule has 1 rings (SSSR count). The van der Waals surface area contributed by atoms with Crippen LogP contribution in [0.4, 0.5) is 0 Å². The molecule has 0 aliphatic carbocycles. The highest BCUT2D eigenvalue weighted by atomic mass is 16.5. The maximum absolute atomic E-state index is 12.0. The van der Waals surface area contributed by atoms with E-state index in [1.165, 1.54) is 96.3 Å². The van der Waals surface area contributed by atoms with Gasteiger partial charge >= 0.3 is 5.97 Å². The number of amides is 1. The fourth-order valence-corrected chi connectivity index (χ4v) is 4.26. The molecule has 0 aromatic rings. The summed E-state index contributed by atoms with van der Waals surface area (Å²) in [6, 6.07) is 0. The lowest BCUT2D eigenvalue weighted by molar-refractivity contribution is -0.147. The van der Waals surface area contributed by atoms with Gasteiger partial charge in [-0.2, -0.15) is 0 Å². The highest BCUT2D eigenvalue weighted by Crippen LogP contribution is 2.20. The van der Waals surface area contributed by atoms with E-state index >= 15 is 0 Å². The van der Waals surface area contributed by atoms with E-state index < -0.39 is 0 Å². The van der Waals surface area contributed by atoms with E-state index in [1.54, 1.807) is 0 Å². The summed E-state index contributed by atoms with van der Waals surface area (Å²) < 4.78 is 5.04. The smallest absolute Gasteiger partial charge is 0.311 e. The minimum atomic E-state index is -0.247. The Labute approximate surface area is 207 Å². The Kier molecular flexibility index (Phi) is 28.1. The first-order valence-corrected chi connectivity index (χ1v) is 14.6. The van der Waals surface area contributed by atoms with E-state index in [0.717, 1.165) is 13.0 Å². The molecule has 0 radical (unpaired) electrons. The van der Waals surface area contributed by atoms with Gasteiger partial charge in [0.05, 0.1) is 12.5 Å². The Morgan fingerprint density at radius 2 is 1.12 bits per heavy atom. The minimum Gasteiger partial charge on any atom is -0.466 e. The summed E-state index contributed by atoms with van der Waals surface area (Å²) in [5, 5.41) is 0. The molecule has 0 aromatic carbocycles. The third-order valence-electron chi connectivity index (χ3n) is 6.12. The number of esters is 1. The Morgan fingerprint density at radius 3 is 1.52 bits per heavy atom. The summed E-state index contributed by atoms with van der Waals surface area (Å²) in [4.78, 5) is 25.6. The summed E-state index contributed by atoms with van der Waals surface area (Å²) in [7, 11) is 0. The summed E-state index contributed by atoms with van der Waals surface area (Å²) >= 11 is 0. The monoisotopic (exact) mass is 469 g/mol. The van der Waals surface area contributed by atoms with Crippen molar-refractivity contribution in [3.8, 4) is 0 Å². The van der Waals surface area contributed by atoms with Gasteiger partial charge in [-0.15, -0.1) is 0 Å². The van der Waals surface area contributed by atoms with Crippen LogP contribution in [-0.4, -0.2) is 36.5 Å². The first-order chi connectivity index (χ1) is 16.2. The van der Waals surface area contributed by atoms with Crippen molar-refractivity contribution < 1.29 is 14.3 Å². The van der Waals surface area contributed by atoms with Crippen molar-refractivity contribution in [2.24, 2.45) is 5.92 Å². The van der Waals surface area contributed by atoms with Gasteiger partial charge in [0.25, 0.3) is 0 Å². The van der Waals surface area contributed by atoms with E-state index in [4.69, 9.17) is 4.74 Å². The number of ether oxygens (including phenoxy) is 1. The third-order valence-corrected chi connectivity index (χ3v) is 6.12. The van der Waals surface area contributed by atoms with Crippen molar-refractivity contribution in [2.75, 3.05) is 19.7 Å². The lowest BCUT2D eigenvalue weighted by Gasteiger charge is -2.16. The van der Waals surface area contributed by atoms with Gasteiger partial charge in [-0.05, 0) is 13.3 Å². The molecule has 1 unspecified atom stereocenters. The fraction of sp³-hybridized carbons (Fsp3) is 0.931. The molecule has 0 spiro atoms. The summed E-state index contributed by atoms with van der Waals surface area (Å²) in [5.74, 6) is -0.345. The van der Waals surface area contributed by atoms with Crippen LogP contribution in [-0.2, 0) is 14.3 Å². The number of nitrogens with zero attached hydrogens (tertiary/aromatic N) is 1. The van der Waals surface area contributed by atoms with Gasteiger partial charge in [-0.3, -0.25) is 9.59 Å². The molecule has 0 aromatic heterocycles. The lowest BCUT2D eigenvalue weighted by Crippen LogP contribution is -2.27. The van der Waals surface area contributed by atoms with Gasteiger partial charge in [0.1, 0.15) is 0 Å². The zero-order valence-electron chi connectivity index (χ0n) is 23.4. The van der Waals surface area contributed by atoms with Crippen LogP contribution in [0.1, 0.15) is 151 Å². The van der Waals surface area contributed by atoms with Gasteiger partial charge in [0.2, 0.25) is 5.91 Å². The predicted molar refractivity (Wildman–Crippen MR) is 144 cm³/mol. The number of rotatable bonds is 19. The van der Waals surface area contributed by atoms with Crippen molar-refractivity contribution in [1.29, 1.82) is 0 Å². The Morgan fingerprint density at radius 1 is 0.727 bits per heavy atom.